The van der Waals surface area contributed by atoms with E-state index in [1.807, 2.05) is 0 Å². The number of ether oxygens (including phenoxy) is 2. The molecule has 3 nitrogen and oxygen atoms in total. The van der Waals surface area contributed by atoms with Crippen LogP contribution in [0.2, 0.25) is 0 Å². The molecule has 1 heterocycles. The van der Waals surface area contributed by atoms with Gasteiger partial charge in [0.15, 0.2) is 17.3 Å². The second-order valence-corrected chi connectivity index (χ2v) is 4.76. The van der Waals surface area contributed by atoms with Crippen molar-refractivity contribution >= 4 is 21.7 Å². The van der Waals surface area contributed by atoms with Gasteiger partial charge in [-0.05, 0) is 24.1 Å². The number of alkyl halides is 3. The van der Waals surface area contributed by atoms with Crippen molar-refractivity contribution in [3.05, 3.63) is 23.3 Å². The van der Waals surface area contributed by atoms with Gasteiger partial charge < -0.3 is 9.47 Å². The normalized spacial score (nSPS) is 24.7. The number of rotatable bonds is 0. The minimum Gasteiger partial charge on any atom is -0.395 e. The maximum atomic E-state index is 12.8. The van der Waals surface area contributed by atoms with Crippen molar-refractivity contribution in [2.24, 2.45) is 0 Å². The largest absolute Gasteiger partial charge is 0.586 e. The first-order valence-electron chi connectivity index (χ1n) is 4.57. The lowest BCUT2D eigenvalue weighted by molar-refractivity contribution is -0.286. The highest BCUT2D eigenvalue weighted by atomic mass is 79.9. The second-order valence-electron chi connectivity index (χ2n) is 3.66. The number of halogens is 3. The topological polar surface area (TPSA) is 35.5 Å². The Bertz CT molecular complexity index is 501. The quantitative estimate of drug-likeness (QED) is 0.689. The fourth-order valence-electron chi connectivity index (χ4n) is 1.89. The molecule has 1 aliphatic heterocycles. The zero-order valence-electron chi connectivity index (χ0n) is 7.80. The summed E-state index contributed by atoms with van der Waals surface area (Å²) < 4.78 is 34.1. The van der Waals surface area contributed by atoms with Gasteiger partial charge >= 0.3 is 6.29 Å². The van der Waals surface area contributed by atoms with Gasteiger partial charge in [-0.2, -0.15) is 0 Å². The van der Waals surface area contributed by atoms with E-state index in [2.05, 4.69) is 25.4 Å². The number of Topliss-reactive ketones (excluding diaryl/α,β-unsaturated/α-hetero) is 1. The van der Waals surface area contributed by atoms with E-state index in [0.717, 1.165) is 0 Å². The van der Waals surface area contributed by atoms with Crippen LogP contribution in [0.1, 0.15) is 15.9 Å². The summed E-state index contributed by atoms with van der Waals surface area (Å²) in [6, 6.07) is 2.75. The fraction of sp³-hybridized carbons (Fsp3) is 0.300. The monoisotopic (exact) mass is 290 g/mol. The van der Waals surface area contributed by atoms with Gasteiger partial charge in [-0.25, -0.2) is 0 Å². The Morgan fingerprint density at radius 3 is 2.62 bits per heavy atom. The highest BCUT2D eigenvalue weighted by molar-refractivity contribution is 9.10. The Kier molecular flexibility index (Phi) is 1.84. The number of hydrogen-bond donors (Lipinski definition) is 0. The third-order valence-corrected chi connectivity index (χ3v) is 3.32. The highest BCUT2D eigenvalue weighted by Gasteiger charge is 2.45. The molecule has 0 N–H and O–H groups in total. The van der Waals surface area contributed by atoms with Crippen LogP contribution in [0.3, 0.4) is 0 Å². The summed E-state index contributed by atoms with van der Waals surface area (Å²) in [6.45, 7) is 0. The first-order valence-corrected chi connectivity index (χ1v) is 5.49. The van der Waals surface area contributed by atoms with E-state index in [1.54, 1.807) is 0 Å². The molecular weight excluding hydrogens is 286 g/mol. The van der Waals surface area contributed by atoms with E-state index in [0.29, 0.717) is 17.5 Å². The Balaban J connectivity index is 2.09. The molecule has 16 heavy (non-hydrogen) atoms. The van der Waals surface area contributed by atoms with Crippen LogP contribution in [0.5, 0.6) is 11.5 Å². The van der Waals surface area contributed by atoms with E-state index >= 15 is 0 Å². The van der Waals surface area contributed by atoms with Gasteiger partial charge in [0.2, 0.25) is 0 Å². The molecule has 0 saturated carbocycles. The van der Waals surface area contributed by atoms with Gasteiger partial charge in [0.1, 0.15) is 0 Å². The van der Waals surface area contributed by atoms with Crippen LogP contribution in [0.4, 0.5) is 8.78 Å². The molecule has 0 amide bonds. The predicted octanol–water partition coefficient (Wildman–Crippen LogP) is 2.51. The van der Waals surface area contributed by atoms with Gasteiger partial charge in [0.05, 0.1) is 4.83 Å². The van der Waals surface area contributed by atoms with Crippen molar-refractivity contribution in [2.45, 2.75) is 17.5 Å². The molecule has 0 bridgehead atoms. The van der Waals surface area contributed by atoms with Gasteiger partial charge in [-0.1, -0.05) is 15.9 Å². The van der Waals surface area contributed by atoms with Crippen LogP contribution < -0.4 is 9.47 Å². The number of hydrogen-bond acceptors (Lipinski definition) is 3. The molecule has 1 aliphatic carbocycles. The molecule has 0 saturated heterocycles. The van der Waals surface area contributed by atoms with Gasteiger partial charge in [-0.3, -0.25) is 4.79 Å². The second kappa shape index (κ2) is 2.94. The Hall–Kier alpha value is -1.17. The van der Waals surface area contributed by atoms with Crippen LogP contribution >= 0.6 is 15.9 Å². The van der Waals surface area contributed by atoms with Crippen molar-refractivity contribution in [3.63, 3.8) is 0 Å². The summed E-state index contributed by atoms with van der Waals surface area (Å²) in [4.78, 5) is 11.3. The molecule has 6 heteroatoms. The number of benzene rings is 1. The zero-order valence-corrected chi connectivity index (χ0v) is 9.38. The van der Waals surface area contributed by atoms with Crippen molar-refractivity contribution in [1.82, 2.24) is 0 Å². The lowest BCUT2D eigenvalue weighted by atomic mass is 10.1. The average molecular weight is 291 g/mol. The van der Waals surface area contributed by atoms with Crippen molar-refractivity contribution in [3.8, 4) is 11.5 Å². The molecule has 2 aliphatic rings. The summed E-state index contributed by atoms with van der Waals surface area (Å²) >= 11 is 3.22. The summed E-state index contributed by atoms with van der Waals surface area (Å²) in [7, 11) is 0. The molecule has 3 rings (SSSR count). The summed E-state index contributed by atoms with van der Waals surface area (Å²) in [5.41, 5.74) is 1.12. The number of fused-ring (bicyclic) bond motifs is 2. The van der Waals surface area contributed by atoms with Crippen LogP contribution in [0.15, 0.2) is 12.1 Å². The maximum absolute atomic E-state index is 12.8. The molecule has 84 valence electrons. The molecule has 0 fully saturated rings. The number of carbonyl (C=O) groups excluding carboxylic acids is 1. The molecule has 1 unspecified atom stereocenters. The lowest BCUT2D eigenvalue weighted by Gasteiger charge is -2.04. The van der Waals surface area contributed by atoms with Gasteiger partial charge in [0.25, 0.3) is 0 Å². The van der Waals surface area contributed by atoms with Crippen LogP contribution in [-0.2, 0) is 6.42 Å². The third kappa shape index (κ3) is 1.32. The molecule has 0 radical (unpaired) electrons. The Labute approximate surface area is 97.5 Å². The Morgan fingerprint density at radius 1 is 1.31 bits per heavy atom. The smallest absolute Gasteiger partial charge is 0.395 e. The van der Waals surface area contributed by atoms with E-state index in [4.69, 9.17) is 0 Å². The SMILES string of the molecule is O=C1c2cc3c(cc2CC1Br)OC(F)(F)O3. The first-order chi connectivity index (χ1) is 7.46. The number of carbonyl (C=O) groups is 1. The minimum absolute atomic E-state index is 0.0156. The zero-order chi connectivity index (χ0) is 11.5. The molecule has 1 aromatic rings. The van der Waals surface area contributed by atoms with Gasteiger partial charge in [0, 0.05) is 5.56 Å². The van der Waals surface area contributed by atoms with E-state index < -0.39 is 6.29 Å². The molecule has 0 spiro atoms. The average Bonchev–Trinajstić information content (AvgIpc) is 2.60. The fourth-order valence-corrected chi connectivity index (χ4v) is 2.49. The maximum Gasteiger partial charge on any atom is 0.586 e. The Morgan fingerprint density at radius 2 is 1.94 bits per heavy atom. The minimum atomic E-state index is -3.63. The van der Waals surface area contributed by atoms with Crippen molar-refractivity contribution in [1.29, 1.82) is 0 Å². The van der Waals surface area contributed by atoms with E-state index in [1.165, 1.54) is 12.1 Å². The van der Waals surface area contributed by atoms with E-state index in [-0.39, 0.29) is 22.1 Å². The summed E-state index contributed by atoms with van der Waals surface area (Å²) in [6.07, 6.45) is -3.15. The third-order valence-electron chi connectivity index (χ3n) is 2.58. The molecule has 1 atom stereocenters. The summed E-state index contributed by atoms with van der Waals surface area (Å²) in [5, 5.41) is 0. The first kappa shape index (κ1) is 10.0. The lowest BCUT2D eigenvalue weighted by Crippen LogP contribution is -2.26. The predicted molar refractivity (Wildman–Crippen MR) is 53.4 cm³/mol. The van der Waals surface area contributed by atoms with Crippen molar-refractivity contribution in [2.75, 3.05) is 0 Å². The van der Waals surface area contributed by atoms with Crippen LogP contribution in [0.25, 0.3) is 0 Å². The van der Waals surface area contributed by atoms with Crippen molar-refractivity contribution < 1.29 is 23.0 Å². The molecule has 1 aromatic carbocycles. The van der Waals surface area contributed by atoms with E-state index in [9.17, 15) is 13.6 Å². The van der Waals surface area contributed by atoms with Crippen LogP contribution in [-0.4, -0.2) is 16.9 Å². The van der Waals surface area contributed by atoms with Gasteiger partial charge in [-0.15, -0.1) is 8.78 Å². The standard InChI is InChI=1S/C10H5BrF2O3/c11-6-1-4-2-7-8(3-5(4)9(6)14)16-10(12,13)15-7/h2-3,6H,1H2. The molecule has 0 aromatic heterocycles. The molecular formula is C10H5BrF2O3. The number of ketones is 1. The summed E-state index contributed by atoms with van der Waals surface area (Å²) in [5.74, 6) is -0.214. The van der Waals surface area contributed by atoms with Crippen LogP contribution in [0, 0.1) is 0 Å². The highest BCUT2D eigenvalue weighted by Crippen LogP contribution is 2.44.